The number of carbonyl (C=O) groups is 2. The highest BCUT2D eigenvalue weighted by Crippen LogP contribution is 2.45. The smallest absolute Gasteiger partial charge is 0.407 e. The fourth-order valence-corrected chi connectivity index (χ4v) is 4.27. The van der Waals surface area contributed by atoms with Gasteiger partial charge in [0.25, 0.3) is 0 Å². The van der Waals surface area contributed by atoms with E-state index in [0.717, 1.165) is 22.7 Å². The number of aryl methyl sites for hydroxylation is 1. The predicted octanol–water partition coefficient (Wildman–Crippen LogP) is 4.41. The normalized spacial score (nSPS) is 17.3. The third kappa shape index (κ3) is 5.05. The molecule has 0 bridgehead atoms. The van der Waals surface area contributed by atoms with Gasteiger partial charge in [-0.1, -0.05) is 26.0 Å². The minimum Gasteiger partial charge on any atom is -0.462 e. The molecular formula is C25H37BN2O5. The predicted molar refractivity (Wildman–Crippen MR) is 131 cm³/mol. The third-order valence-electron chi connectivity index (χ3n) is 6.76. The molecule has 2 aromatic rings. The Kier molecular flexibility index (Phi) is 6.64. The van der Waals surface area contributed by atoms with Crippen LogP contribution in [0.4, 0.5) is 4.79 Å². The number of nitrogens with one attached hydrogen (secondary N) is 1. The molecule has 1 aliphatic rings. The van der Waals surface area contributed by atoms with Crippen molar-refractivity contribution in [1.29, 1.82) is 0 Å². The Morgan fingerprint density at radius 3 is 2.42 bits per heavy atom. The maximum absolute atomic E-state index is 12.9. The van der Waals surface area contributed by atoms with Crippen LogP contribution in [0.1, 0.15) is 71.4 Å². The number of nitrogens with zero attached hydrogens (tertiary/aromatic N) is 1. The van der Waals surface area contributed by atoms with E-state index in [4.69, 9.17) is 14.1 Å². The van der Waals surface area contributed by atoms with Crippen LogP contribution >= 0.6 is 0 Å². The molecule has 1 saturated heterocycles. The lowest BCUT2D eigenvalue weighted by molar-refractivity contribution is 0.0375. The summed E-state index contributed by atoms with van der Waals surface area (Å²) < 4.78 is 19.0. The van der Waals surface area contributed by atoms with E-state index in [-0.39, 0.29) is 31.1 Å². The van der Waals surface area contributed by atoms with Crippen LogP contribution in [0, 0.1) is 5.41 Å². The lowest BCUT2D eigenvalue weighted by Gasteiger charge is -2.34. The quantitative estimate of drug-likeness (QED) is 0.533. The second kappa shape index (κ2) is 8.71. The standard InChI is InChI=1S/C25H37BN2O5/c1-10-31-21(29)20-17-12-11-16(26-15-24(5,6)25(7,8)33-26)13-18(17)28(9)19(20)14-27-22(30)32-23(2,3)4/h11-13H,10,14-15H2,1-9H3,(H,27,30). The van der Waals surface area contributed by atoms with Gasteiger partial charge < -0.3 is 24.0 Å². The number of alkyl carbamates (subject to hydrolysis) is 1. The maximum atomic E-state index is 12.9. The lowest BCUT2D eigenvalue weighted by atomic mass is 9.54. The van der Waals surface area contributed by atoms with Gasteiger partial charge in [-0.3, -0.25) is 0 Å². The maximum Gasteiger partial charge on any atom is 0.407 e. The van der Waals surface area contributed by atoms with Crippen molar-refractivity contribution in [2.75, 3.05) is 6.61 Å². The number of benzene rings is 1. The molecule has 8 heteroatoms. The molecule has 1 aromatic heterocycles. The van der Waals surface area contributed by atoms with Gasteiger partial charge >= 0.3 is 19.0 Å². The first-order chi connectivity index (χ1) is 15.2. The first-order valence-electron chi connectivity index (χ1n) is 11.6. The molecule has 0 saturated carbocycles. The zero-order valence-corrected chi connectivity index (χ0v) is 21.4. The van der Waals surface area contributed by atoms with Crippen molar-refractivity contribution in [2.45, 2.75) is 79.5 Å². The number of amides is 1. The average Bonchev–Trinajstić information content (AvgIpc) is 3.07. The van der Waals surface area contributed by atoms with Crippen LogP contribution < -0.4 is 10.8 Å². The highest BCUT2D eigenvalue weighted by Gasteiger charge is 2.49. The summed E-state index contributed by atoms with van der Waals surface area (Å²) in [5.41, 5.74) is 2.29. The summed E-state index contributed by atoms with van der Waals surface area (Å²) >= 11 is 0. The van der Waals surface area contributed by atoms with Gasteiger partial charge in [-0.2, -0.15) is 0 Å². The van der Waals surface area contributed by atoms with Gasteiger partial charge in [0, 0.05) is 18.0 Å². The molecule has 0 spiro atoms. The molecule has 1 aliphatic heterocycles. The molecule has 0 unspecified atom stereocenters. The van der Waals surface area contributed by atoms with Crippen LogP contribution in [0.25, 0.3) is 10.9 Å². The van der Waals surface area contributed by atoms with Gasteiger partial charge in [0.1, 0.15) is 5.60 Å². The average molecular weight is 456 g/mol. The first kappa shape index (κ1) is 25.2. The van der Waals surface area contributed by atoms with Crippen molar-refractivity contribution in [3.8, 4) is 0 Å². The van der Waals surface area contributed by atoms with Crippen LogP contribution in [0.2, 0.25) is 6.32 Å². The molecule has 0 radical (unpaired) electrons. The summed E-state index contributed by atoms with van der Waals surface area (Å²) in [4.78, 5) is 25.1. The Balaban J connectivity index is 2.00. The third-order valence-corrected chi connectivity index (χ3v) is 6.76. The van der Waals surface area contributed by atoms with Gasteiger partial charge in [0.2, 0.25) is 0 Å². The largest absolute Gasteiger partial charge is 0.462 e. The van der Waals surface area contributed by atoms with E-state index in [1.165, 1.54) is 0 Å². The molecule has 33 heavy (non-hydrogen) atoms. The van der Waals surface area contributed by atoms with E-state index in [9.17, 15) is 9.59 Å². The van der Waals surface area contributed by atoms with Crippen molar-refractivity contribution in [1.82, 2.24) is 9.88 Å². The molecule has 1 fully saturated rings. The van der Waals surface area contributed by atoms with E-state index in [1.54, 1.807) is 6.92 Å². The molecule has 3 rings (SSSR count). The molecule has 0 aliphatic carbocycles. The Hall–Kier alpha value is -2.48. The van der Waals surface area contributed by atoms with Crippen molar-refractivity contribution in [3.05, 3.63) is 29.5 Å². The number of esters is 1. The van der Waals surface area contributed by atoms with Crippen molar-refractivity contribution >= 4 is 35.3 Å². The fraction of sp³-hybridized carbons (Fsp3) is 0.600. The minimum absolute atomic E-state index is 0.0244. The Morgan fingerprint density at radius 1 is 1.21 bits per heavy atom. The van der Waals surface area contributed by atoms with Gasteiger partial charge in [-0.15, -0.1) is 0 Å². The van der Waals surface area contributed by atoms with Crippen LogP contribution in [0.5, 0.6) is 0 Å². The fourth-order valence-electron chi connectivity index (χ4n) is 4.27. The molecule has 0 atom stereocenters. The second-order valence-corrected chi connectivity index (χ2v) is 10.9. The SMILES string of the molecule is CCOC(=O)c1c(CNC(=O)OC(C)(C)C)n(C)c2cc(B3CC(C)(C)C(C)(C)O3)ccc12. The zero-order valence-electron chi connectivity index (χ0n) is 21.4. The monoisotopic (exact) mass is 456 g/mol. The van der Waals surface area contributed by atoms with E-state index < -0.39 is 17.7 Å². The summed E-state index contributed by atoms with van der Waals surface area (Å²) in [7, 11) is 1.89. The van der Waals surface area contributed by atoms with E-state index in [1.807, 2.05) is 44.5 Å². The molecule has 1 N–H and O–H groups in total. The molecule has 180 valence electrons. The zero-order chi connectivity index (χ0) is 24.8. The van der Waals surface area contributed by atoms with Crippen molar-refractivity contribution in [2.24, 2.45) is 12.5 Å². The van der Waals surface area contributed by atoms with Crippen LogP contribution in [-0.4, -0.2) is 41.4 Å². The van der Waals surface area contributed by atoms with E-state index in [0.29, 0.717) is 11.3 Å². The number of ether oxygens (including phenoxy) is 2. The van der Waals surface area contributed by atoms with Gasteiger partial charge in [0.15, 0.2) is 0 Å². The summed E-state index contributed by atoms with van der Waals surface area (Å²) in [6.07, 6.45) is 0.375. The van der Waals surface area contributed by atoms with Crippen LogP contribution in [0.3, 0.4) is 0 Å². The van der Waals surface area contributed by atoms with Crippen LogP contribution in [0.15, 0.2) is 18.2 Å². The molecule has 1 aromatic carbocycles. The number of carbonyl (C=O) groups excluding carboxylic acids is 2. The number of hydrogen-bond acceptors (Lipinski definition) is 5. The first-order valence-corrected chi connectivity index (χ1v) is 11.6. The number of aromatic nitrogens is 1. The van der Waals surface area contributed by atoms with Gasteiger partial charge in [0.05, 0.1) is 30.0 Å². The van der Waals surface area contributed by atoms with Crippen LogP contribution in [-0.2, 0) is 27.7 Å². The lowest BCUT2D eigenvalue weighted by Crippen LogP contribution is -2.36. The summed E-state index contributed by atoms with van der Waals surface area (Å²) in [6.45, 7) is 16.3. The van der Waals surface area contributed by atoms with Gasteiger partial charge in [-0.25, -0.2) is 9.59 Å². The molecule has 7 nitrogen and oxygen atoms in total. The Morgan fingerprint density at radius 2 is 1.88 bits per heavy atom. The summed E-state index contributed by atoms with van der Waals surface area (Å²) in [6, 6.07) is 6.06. The second-order valence-electron chi connectivity index (χ2n) is 10.9. The molecular weight excluding hydrogens is 419 g/mol. The summed E-state index contributed by atoms with van der Waals surface area (Å²) in [5, 5.41) is 3.56. The Labute approximate surface area is 197 Å². The number of hydrogen-bond donors (Lipinski definition) is 1. The van der Waals surface area contributed by atoms with E-state index >= 15 is 0 Å². The van der Waals surface area contributed by atoms with Crippen molar-refractivity contribution in [3.63, 3.8) is 0 Å². The molecule has 2 heterocycles. The minimum atomic E-state index is -0.606. The van der Waals surface area contributed by atoms with Crippen molar-refractivity contribution < 1.29 is 23.7 Å². The molecule has 1 amide bonds. The highest BCUT2D eigenvalue weighted by molar-refractivity contribution is 6.68. The summed E-state index contributed by atoms with van der Waals surface area (Å²) in [5.74, 6) is -0.406. The highest BCUT2D eigenvalue weighted by atomic mass is 16.6. The number of rotatable bonds is 5. The topological polar surface area (TPSA) is 78.8 Å². The van der Waals surface area contributed by atoms with E-state index in [2.05, 4.69) is 39.1 Å². The Bertz CT molecular complexity index is 1050. The number of fused-ring (bicyclic) bond motifs is 1. The van der Waals surface area contributed by atoms with Gasteiger partial charge in [-0.05, 0) is 64.8 Å².